The number of carbonyl (C=O) groups excluding carboxylic acids is 1. The first kappa shape index (κ1) is 13.7. The van der Waals surface area contributed by atoms with Crippen LogP contribution in [-0.4, -0.2) is 39.9 Å². The number of aromatic nitrogens is 2. The average molecular weight is 293 g/mol. The van der Waals surface area contributed by atoms with Crippen molar-refractivity contribution in [2.24, 2.45) is 0 Å². The molecule has 1 unspecified atom stereocenters. The first-order valence-electron chi connectivity index (χ1n) is 6.44. The number of carbonyl (C=O) groups is 1. The molecule has 1 aromatic carbocycles. The average Bonchev–Trinajstić information content (AvgIpc) is 3.10. The molecule has 0 spiro atoms. The van der Waals surface area contributed by atoms with E-state index in [4.69, 9.17) is 4.74 Å². The summed E-state index contributed by atoms with van der Waals surface area (Å²) in [5.41, 5.74) is 0.807. The van der Waals surface area contributed by atoms with Crippen LogP contribution in [0.4, 0.5) is 13.6 Å². The number of hydrogen-bond donors (Lipinski definition) is 0. The number of benzene rings is 1. The molecular weight excluding hydrogens is 280 g/mol. The van der Waals surface area contributed by atoms with Crippen LogP contribution in [0, 0.1) is 11.6 Å². The summed E-state index contributed by atoms with van der Waals surface area (Å²) in [6.07, 6.45) is 2.84. The SMILES string of the molecule is CC1COCN1C(=O)n1cnc(-c2ccc(F)c(F)c2)c1. The van der Waals surface area contributed by atoms with Gasteiger partial charge in [0.2, 0.25) is 0 Å². The number of imidazole rings is 1. The summed E-state index contributed by atoms with van der Waals surface area (Å²) in [5.74, 6) is -1.87. The van der Waals surface area contributed by atoms with Gasteiger partial charge in [-0.3, -0.25) is 9.47 Å². The molecule has 1 amide bonds. The Bertz CT molecular complexity index is 687. The molecule has 1 fully saturated rings. The Hall–Kier alpha value is -2.28. The minimum Gasteiger partial charge on any atom is -0.359 e. The Labute approximate surface area is 119 Å². The molecule has 110 valence electrons. The van der Waals surface area contributed by atoms with Gasteiger partial charge in [-0.2, -0.15) is 0 Å². The topological polar surface area (TPSA) is 47.4 Å². The third kappa shape index (κ3) is 2.52. The summed E-state index contributed by atoms with van der Waals surface area (Å²) in [5, 5.41) is 0. The van der Waals surface area contributed by atoms with E-state index < -0.39 is 11.6 Å². The summed E-state index contributed by atoms with van der Waals surface area (Å²) < 4.78 is 32.7. The molecule has 1 atom stereocenters. The molecule has 1 aliphatic rings. The van der Waals surface area contributed by atoms with Crippen molar-refractivity contribution in [1.29, 1.82) is 0 Å². The van der Waals surface area contributed by atoms with Gasteiger partial charge in [-0.1, -0.05) is 0 Å². The van der Waals surface area contributed by atoms with Gasteiger partial charge in [0.25, 0.3) is 0 Å². The predicted molar refractivity (Wildman–Crippen MR) is 70.5 cm³/mol. The largest absolute Gasteiger partial charge is 0.359 e. The van der Waals surface area contributed by atoms with Crippen LogP contribution in [0.25, 0.3) is 11.3 Å². The van der Waals surface area contributed by atoms with Crippen molar-refractivity contribution in [2.75, 3.05) is 13.3 Å². The third-order valence-corrected chi connectivity index (χ3v) is 3.39. The molecule has 21 heavy (non-hydrogen) atoms. The van der Waals surface area contributed by atoms with Gasteiger partial charge in [-0.15, -0.1) is 0 Å². The Morgan fingerprint density at radius 3 is 2.86 bits per heavy atom. The van der Waals surface area contributed by atoms with Gasteiger partial charge >= 0.3 is 6.03 Å². The molecule has 1 aliphatic heterocycles. The molecule has 3 rings (SSSR count). The lowest BCUT2D eigenvalue weighted by Crippen LogP contribution is -2.37. The number of rotatable bonds is 1. The number of nitrogens with zero attached hydrogens (tertiary/aromatic N) is 3. The van der Waals surface area contributed by atoms with Gasteiger partial charge < -0.3 is 4.74 Å². The van der Waals surface area contributed by atoms with Gasteiger partial charge in [0, 0.05) is 11.8 Å². The highest BCUT2D eigenvalue weighted by atomic mass is 19.2. The highest BCUT2D eigenvalue weighted by Crippen LogP contribution is 2.20. The second kappa shape index (κ2) is 5.25. The summed E-state index contributed by atoms with van der Waals surface area (Å²) in [7, 11) is 0. The van der Waals surface area contributed by atoms with Gasteiger partial charge in [-0.05, 0) is 25.1 Å². The van der Waals surface area contributed by atoms with Crippen molar-refractivity contribution in [2.45, 2.75) is 13.0 Å². The minimum atomic E-state index is -0.949. The number of ether oxygens (including phenoxy) is 1. The maximum absolute atomic E-state index is 13.2. The van der Waals surface area contributed by atoms with E-state index >= 15 is 0 Å². The molecule has 1 saturated heterocycles. The maximum Gasteiger partial charge on any atom is 0.331 e. The van der Waals surface area contributed by atoms with E-state index in [1.807, 2.05) is 6.92 Å². The van der Waals surface area contributed by atoms with Crippen molar-refractivity contribution < 1.29 is 18.3 Å². The molecule has 0 radical (unpaired) electrons. The second-order valence-corrected chi connectivity index (χ2v) is 4.90. The Morgan fingerprint density at radius 2 is 2.19 bits per heavy atom. The summed E-state index contributed by atoms with van der Waals surface area (Å²) in [6, 6.07) is 3.22. The molecule has 0 aliphatic carbocycles. The zero-order chi connectivity index (χ0) is 15.0. The number of hydrogen-bond acceptors (Lipinski definition) is 3. The van der Waals surface area contributed by atoms with Crippen molar-refractivity contribution >= 4 is 6.03 Å². The van der Waals surface area contributed by atoms with Crippen molar-refractivity contribution in [3.63, 3.8) is 0 Å². The smallest absolute Gasteiger partial charge is 0.331 e. The van der Waals surface area contributed by atoms with E-state index in [-0.39, 0.29) is 18.8 Å². The van der Waals surface area contributed by atoms with E-state index in [1.165, 1.54) is 23.2 Å². The van der Waals surface area contributed by atoms with Gasteiger partial charge in [0.15, 0.2) is 11.6 Å². The molecule has 0 N–H and O–H groups in total. The fourth-order valence-electron chi connectivity index (χ4n) is 2.16. The standard InChI is InChI=1S/C14H13F2N3O2/c1-9-6-21-8-19(9)14(20)18-5-13(17-7-18)10-2-3-11(15)12(16)4-10/h2-5,7,9H,6,8H2,1H3. The van der Waals surface area contributed by atoms with Crippen LogP contribution in [0.2, 0.25) is 0 Å². The van der Waals surface area contributed by atoms with Crippen molar-refractivity contribution in [1.82, 2.24) is 14.5 Å². The van der Waals surface area contributed by atoms with Crippen LogP contribution in [-0.2, 0) is 4.74 Å². The Morgan fingerprint density at radius 1 is 1.38 bits per heavy atom. The zero-order valence-electron chi connectivity index (χ0n) is 11.3. The van der Waals surface area contributed by atoms with Crippen LogP contribution in [0.5, 0.6) is 0 Å². The third-order valence-electron chi connectivity index (χ3n) is 3.39. The van der Waals surface area contributed by atoms with Gasteiger partial charge in [-0.25, -0.2) is 18.6 Å². The van der Waals surface area contributed by atoms with Crippen LogP contribution < -0.4 is 0 Å². The summed E-state index contributed by atoms with van der Waals surface area (Å²) in [4.78, 5) is 17.9. The summed E-state index contributed by atoms with van der Waals surface area (Å²) in [6.45, 7) is 2.62. The second-order valence-electron chi connectivity index (χ2n) is 4.90. The number of halogens is 2. The van der Waals surface area contributed by atoms with Gasteiger partial charge in [0.1, 0.15) is 13.1 Å². The lowest BCUT2D eigenvalue weighted by atomic mass is 10.1. The van der Waals surface area contributed by atoms with Crippen LogP contribution >= 0.6 is 0 Å². The maximum atomic E-state index is 13.2. The minimum absolute atomic E-state index is 0.00776. The molecule has 2 aromatic rings. The van der Waals surface area contributed by atoms with Crippen LogP contribution in [0.15, 0.2) is 30.7 Å². The van der Waals surface area contributed by atoms with E-state index in [2.05, 4.69) is 4.98 Å². The highest BCUT2D eigenvalue weighted by Gasteiger charge is 2.27. The molecule has 0 saturated carbocycles. The lowest BCUT2D eigenvalue weighted by Gasteiger charge is -2.18. The monoisotopic (exact) mass is 293 g/mol. The molecular formula is C14H13F2N3O2. The molecule has 1 aromatic heterocycles. The normalized spacial score (nSPS) is 18.2. The highest BCUT2D eigenvalue weighted by molar-refractivity contribution is 5.78. The fourth-order valence-corrected chi connectivity index (χ4v) is 2.16. The van der Waals surface area contributed by atoms with Crippen LogP contribution in [0.3, 0.4) is 0 Å². The van der Waals surface area contributed by atoms with E-state index in [0.717, 1.165) is 12.1 Å². The zero-order valence-corrected chi connectivity index (χ0v) is 11.3. The predicted octanol–water partition coefficient (Wildman–Crippen LogP) is 2.47. The quantitative estimate of drug-likeness (QED) is 0.811. The van der Waals surface area contributed by atoms with Gasteiger partial charge in [0.05, 0.1) is 18.3 Å². The lowest BCUT2D eigenvalue weighted by molar-refractivity contribution is 0.143. The van der Waals surface area contributed by atoms with Crippen molar-refractivity contribution in [3.05, 3.63) is 42.4 Å². The molecule has 5 nitrogen and oxygen atoms in total. The molecule has 0 bridgehead atoms. The first-order chi connectivity index (χ1) is 10.1. The Balaban J connectivity index is 1.86. The first-order valence-corrected chi connectivity index (χ1v) is 6.44. The summed E-state index contributed by atoms with van der Waals surface area (Å²) >= 11 is 0. The number of amides is 1. The van der Waals surface area contributed by atoms with Crippen molar-refractivity contribution in [3.8, 4) is 11.3 Å². The van der Waals surface area contributed by atoms with E-state index in [1.54, 1.807) is 4.90 Å². The fraction of sp³-hybridized carbons (Fsp3) is 0.286. The molecule has 7 heteroatoms. The van der Waals surface area contributed by atoms with E-state index in [9.17, 15) is 13.6 Å². The Kier molecular flexibility index (Phi) is 3.42. The molecule has 2 heterocycles. The van der Waals surface area contributed by atoms with E-state index in [0.29, 0.717) is 17.9 Å². The van der Waals surface area contributed by atoms with Crippen LogP contribution in [0.1, 0.15) is 6.92 Å².